The fourth-order valence-corrected chi connectivity index (χ4v) is 0.306. The molecule has 0 fully saturated rings. The van der Waals surface area contributed by atoms with E-state index in [0.29, 0.717) is 0 Å². The minimum absolute atomic E-state index is 0.233. The third kappa shape index (κ3) is 5.42. The standard InChI is InChI=1S/C7H10N2O4/c1-5(2)7(11)9-13-6(10)4-8-12-3/h4H,1H2,2-3H3,(H,9,11). The maximum atomic E-state index is 10.8. The van der Waals surface area contributed by atoms with Gasteiger partial charge in [-0.3, -0.25) is 4.79 Å². The van der Waals surface area contributed by atoms with E-state index in [-0.39, 0.29) is 5.57 Å². The Morgan fingerprint density at radius 2 is 2.15 bits per heavy atom. The fraction of sp³-hybridized carbons (Fsp3) is 0.286. The van der Waals surface area contributed by atoms with Crippen LogP contribution in [-0.4, -0.2) is 25.2 Å². The van der Waals surface area contributed by atoms with Gasteiger partial charge in [0.2, 0.25) is 0 Å². The molecule has 13 heavy (non-hydrogen) atoms. The molecule has 0 aromatic heterocycles. The Balaban J connectivity index is 3.77. The molecule has 0 aliphatic rings. The molecule has 0 spiro atoms. The molecule has 0 aromatic carbocycles. The lowest BCUT2D eigenvalue weighted by atomic mass is 10.3. The Hall–Kier alpha value is -1.85. The topological polar surface area (TPSA) is 77.0 Å². The van der Waals surface area contributed by atoms with Crippen molar-refractivity contribution in [1.29, 1.82) is 0 Å². The van der Waals surface area contributed by atoms with E-state index in [9.17, 15) is 9.59 Å². The number of nitrogens with zero attached hydrogens (tertiary/aromatic N) is 1. The first-order chi connectivity index (χ1) is 6.07. The molecule has 0 aromatic rings. The summed E-state index contributed by atoms with van der Waals surface area (Å²) in [6, 6.07) is 0. The van der Waals surface area contributed by atoms with Crippen molar-refractivity contribution in [3.63, 3.8) is 0 Å². The van der Waals surface area contributed by atoms with Crippen LogP contribution >= 0.6 is 0 Å². The number of carbonyl (C=O) groups excluding carboxylic acids is 2. The number of hydrogen-bond acceptors (Lipinski definition) is 5. The van der Waals surface area contributed by atoms with E-state index < -0.39 is 11.9 Å². The number of oxime groups is 1. The highest BCUT2D eigenvalue weighted by atomic mass is 16.7. The minimum Gasteiger partial charge on any atom is -0.399 e. The summed E-state index contributed by atoms with van der Waals surface area (Å²) in [5.74, 6) is -1.41. The Kier molecular flexibility index (Phi) is 4.94. The molecule has 6 nitrogen and oxygen atoms in total. The number of nitrogens with one attached hydrogen (secondary N) is 1. The Morgan fingerprint density at radius 1 is 1.54 bits per heavy atom. The van der Waals surface area contributed by atoms with Gasteiger partial charge in [-0.15, -0.1) is 0 Å². The second-order valence-electron chi connectivity index (χ2n) is 2.05. The smallest absolute Gasteiger partial charge is 0.377 e. The molecule has 0 radical (unpaired) electrons. The second kappa shape index (κ2) is 5.76. The molecule has 0 saturated carbocycles. The van der Waals surface area contributed by atoms with Crippen LogP contribution in [0, 0.1) is 0 Å². The van der Waals surface area contributed by atoms with E-state index in [1.54, 1.807) is 0 Å². The van der Waals surface area contributed by atoms with Crippen molar-refractivity contribution in [2.75, 3.05) is 7.11 Å². The molecule has 6 heteroatoms. The third-order valence-corrected chi connectivity index (χ3v) is 0.895. The SMILES string of the molecule is C=C(C)C(=O)NOC(=O)C=NOC. The van der Waals surface area contributed by atoms with Gasteiger partial charge < -0.3 is 9.68 Å². The predicted molar refractivity (Wildman–Crippen MR) is 44.5 cm³/mol. The van der Waals surface area contributed by atoms with Crippen LogP contribution in [0.4, 0.5) is 0 Å². The van der Waals surface area contributed by atoms with Crippen LogP contribution in [0.2, 0.25) is 0 Å². The fourth-order valence-electron chi connectivity index (χ4n) is 0.306. The lowest BCUT2D eigenvalue weighted by Crippen LogP contribution is -2.27. The molecule has 0 atom stereocenters. The van der Waals surface area contributed by atoms with Crippen molar-refractivity contribution in [2.24, 2.45) is 5.16 Å². The molecular formula is C7H10N2O4. The highest BCUT2D eigenvalue weighted by Gasteiger charge is 2.04. The molecule has 0 saturated heterocycles. The van der Waals surface area contributed by atoms with Crippen LogP contribution < -0.4 is 5.48 Å². The Labute approximate surface area is 75.1 Å². The lowest BCUT2D eigenvalue weighted by Gasteiger charge is -2.01. The Bertz CT molecular complexity index is 247. The molecule has 0 aliphatic carbocycles. The first-order valence-electron chi connectivity index (χ1n) is 3.31. The number of carbonyl (C=O) groups is 2. The van der Waals surface area contributed by atoms with Crippen molar-refractivity contribution >= 4 is 18.1 Å². The summed E-state index contributed by atoms with van der Waals surface area (Å²) < 4.78 is 0. The van der Waals surface area contributed by atoms with Crippen molar-refractivity contribution < 1.29 is 19.3 Å². The van der Waals surface area contributed by atoms with Gasteiger partial charge in [0.25, 0.3) is 5.91 Å². The maximum absolute atomic E-state index is 10.8. The van der Waals surface area contributed by atoms with Crippen LogP contribution in [-0.2, 0) is 19.3 Å². The van der Waals surface area contributed by atoms with Crippen molar-refractivity contribution in [3.8, 4) is 0 Å². The summed E-state index contributed by atoms with van der Waals surface area (Å²) in [6.45, 7) is 4.81. The quantitative estimate of drug-likeness (QED) is 0.375. The van der Waals surface area contributed by atoms with Gasteiger partial charge >= 0.3 is 5.97 Å². The van der Waals surface area contributed by atoms with E-state index in [1.165, 1.54) is 14.0 Å². The average Bonchev–Trinajstić information content (AvgIpc) is 2.10. The number of hydroxylamine groups is 1. The van der Waals surface area contributed by atoms with Crippen LogP contribution in [0.1, 0.15) is 6.92 Å². The number of hydrogen-bond donors (Lipinski definition) is 1. The third-order valence-electron chi connectivity index (χ3n) is 0.895. The molecule has 0 unspecified atom stereocenters. The average molecular weight is 186 g/mol. The molecule has 0 rings (SSSR count). The van der Waals surface area contributed by atoms with Crippen LogP contribution in [0.3, 0.4) is 0 Å². The van der Waals surface area contributed by atoms with Gasteiger partial charge in [0.1, 0.15) is 7.11 Å². The van der Waals surface area contributed by atoms with Crippen LogP contribution in [0.15, 0.2) is 17.3 Å². The number of rotatable bonds is 3. The van der Waals surface area contributed by atoms with Gasteiger partial charge in [0.15, 0.2) is 6.21 Å². The zero-order valence-electron chi connectivity index (χ0n) is 7.36. The molecule has 0 aliphatic heterocycles. The predicted octanol–water partition coefficient (Wildman–Crippen LogP) is -0.231. The first-order valence-corrected chi connectivity index (χ1v) is 3.31. The summed E-state index contributed by atoms with van der Waals surface area (Å²) in [6.07, 6.45) is 0.776. The molecule has 0 heterocycles. The van der Waals surface area contributed by atoms with E-state index in [0.717, 1.165) is 6.21 Å². The summed E-state index contributed by atoms with van der Waals surface area (Å²) in [5, 5.41) is 3.12. The summed E-state index contributed by atoms with van der Waals surface area (Å²) >= 11 is 0. The molecule has 1 amide bonds. The number of amides is 1. The van der Waals surface area contributed by atoms with Gasteiger partial charge in [-0.05, 0) is 6.92 Å². The molecular weight excluding hydrogens is 176 g/mol. The second-order valence-corrected chi connectivity index (χ2v) is 2.05. The van der Waals surface area contributed by atoms with Crippen molar-refractivity contribution in [3.05, 3.63) is 12.2 Å². The molecule has 1 N–H and O–H groups in total. The van der Waals surface area contributed by atoms with E-state index >= 15 is 0 Å². The largest absolute Gasteiger partial charge is 0.399 e. The maximum Gasteiger partial charge on any atom is 0.377 e. The Morgan fingerprint density at radius 3 is 2.62 bits per heavy atom. The van der Waals surface area contributed by atoms with Gasteiger partial charge in [-0.25, -0.2) is 4.79 Å². The highest BCUT2D eigenvalue weighted by molar-refractivity contribution is 6.23. The van der Waals surface area contributed by atoms with E-state index in [4.69, 9.17) is 0 Å². The van der Waals surface area contributed by atoms with Gasteiger partial charge in [0, 0.05) is 5.57 Å². The van der Waals surface area contributed by atoms with Crippen LogP contribution in [0.5, 0.6) is 0 Å². The molecule has 0 bridgehead atoms. The van der Waals surface area contributed by atoms with Gasteiger partial charge in [0.05, 0.1) is 0 Å². The van der Waals surface area contributed by atoms with E-state index in [1.807, 2.05) is 5.48 Å². The zero-order valence-corrected chi connectivity index (χ0v) is 7.36. The summed E-state index contributed by atoms with van der Waals surface area (Å²) in [7, 11) is 1.27. The van der Waals surface area contributed by atoms with Crippen LogP contribution in [0.25, 0.3) is 0 Å². The summed E-state index contributed by atoms with van der Waals surface area (Å²) in [4.78, 5) is 29.8. The molecule has 72 valence electrons. The summed E-state index contributed by atoms with van der Waals surface area (Å²) in [5.41, 5.74) is 2.09. The van der Waals surface area contributed by atoms with E-state index in [2.05, 4.69) is 21.4 Å². The zero-order chi connectivity index (χ0) is 10.3. The van der Waals surface area contributed by atoms with Crippen molar-refractivity contribution in [2.45, 2.75) is 6.92 Å². The highest BCUT2D eigenvalue weighted by Crippen LogP contribution is 1.84. The normalized spacial score (nSPS) is 9.38. The lowest BCUT2D eigenvalue weighted by molar-refractivity contribution is -0.149. The van der Waals surface area contributed by atoms with Gasteiger partial charge in [-0.1, -0.05) is 11.7 Å². The minimum atomic E-state index is -0.837. The monoisotopic (exact) mass is 186 g/mol. The van der Waals surface area contributed by atoms with Gasteiger partial charge in [-0.2, -0.15) is 5.48 Å². The first kappa shape index (κ1) is 11.2. The van der Waals surface area contributed by atoms with Crippen molar-refractivity contribution in [1.82, 2.24) is 5.48 Å².